The fourth-order valence-corrected chi connectivity index (χ4v) is 1.55. The molecule has 72 valence electrons. The molecule has 0 saturated heterocycles. The van der Waals surface area contributed by atoms with Crippen molar-refractivity contribution >= 4 is 11.1 Å². The minimum absolute atomic E-state index is 0.389. The maximum Gasteiger partial charge on any atom is 0.186 e. The van der Waals surface area contributed by atoms with Gasteiger partial charge in [-0.05, 0) is 36.4 Å². The fourth-order valence-electron chi connectivity index (χ4n) is 1.18. The Morgan fingerprint density at radius 2 is 1.86 bits per heavy atom. The van der Waals surface area contributed by atoms with E-state index >= 15 is 0 Å². The first-order valence-electron chi connectivity index (χ1n) is 4.02. The maximum atomic E-state index is 10.7. The molecule has 1 unspecified atom stereocenters. The van der Waals surface area contributed by atoms with Crippen LogP contribution in [0.3, 0.4) is 0 Å². The van der Waals surface area contributed by atoms with E-state index in [-0.39, 0.29) is 0 Å². The van der Waals surface area contributed by atoms with E-state index in [9.17, 15) is 4.21 Å². The molecular formula is C10H8O3S. The highest BCUT2D eigenvalue weighted by atomic mass is 32.2. The smallest absolute Gasteiger partial charge is 0.186 e. The number of benzene rings is 1. The molecule has 2 rings (SSSR count). The molecule has 0 aliphatic carbocycles. The minimum Gasteiger partial charge on any atom is -0.464 e. The highest BCUT2D eigenvalue weighted by Crippen LogP contribution is 2.20. The summed E-state index contributed by atoms with van der Waals surface area (Å²) >= 11 is -1.91. The summed E-state index contributed by atoms with van der Waals surface area (Å²) in [5.41, 5.74) is 0.893. The Kier molecular flexibility index (Phi) is 2.47. The molecule has 0 aliphatic heterocycles. The molecule has 1 N–H and O–H groups in total. The van der Waals surface area contributed by atoms with Gasteiger partial charge in [0.25, 0.3) is 0 Å². The Labute approximate surface area is 83.7 Å². The third-order valence-electron chi connectivity index (χ3n) is 1.86. The molecule has 0 spiro atoms. The van der Waals surface area contributed by atoms with Gasteiger partial charge in [0.05, 0.1) is 11.2 Å². The van der Waals surface area contributed by atoms with Crippen LogP contribution in [0.4, 0.5) is 0 Å². The van der Waals surface area contributed by atoms with Crippen LogP contribution < -0.4 is 0 Å². The first-order chi connectivity index (χ1) is 6.77. The van der Waals surface area contributed by atoms with Crippen LogP contribution >= 0.6 is 0 Å². The topological polar surface area (TPSA) is 50.4 Å². The molecule has 0 fully saturated rings. The Morgan fingerprint density at radius 3 is 2.36 bits per heavy atom. The Bertz CT molecular complexity index is 431. The first kappa shape index (κ1) is 9.18. The molecule has 4 heteroatoms. The maximum absolute atomic E-state index is 10.7. The van der Waals surface area contributed by atoms with E-state index in [1.54, 1.807) is 36.6 Å². The highest BCUT2D eigenvalue weighted by Gasteiger charge is 2.02. The predicted octanol–water partition coefficient (Wildman–Crippen LogP) is 2.53. The van der Waals surface area contributed by atoms with Gasteiger partial charge in [0.2, 0.25) is 0 Å². The molecule has 2 aromatic rings. The molecule has 0 bridgehead atoms. The Balaban J connectivity index is 2.36. The van der Waals surface area contributed by atoms with Gasteiger partial charge in [-0.2, -0.15) is 0 Å². The highest BCUT2D eigenvalue weighted by molar-refractivity contribution is 7.79. The third-order valence-corrected chi connectivity index (χ3v) is 2.54. The quantitative estimate of drug-likeness (QED) is 0.771. The van der Waals surface area contributed by atoms with Crippen molar-refractivity contribution in [2.24, 2.45) is 0 Å². The molecule has 3 nitrogen and oxygen atoms in total. The lowest BCUT2D eigenvalue weighted by Gasteiger charge is -1.97. The minimum atomic E-state index is -1.91. The molecule has 1 atom stereocenters. The van der Waals surface area contributed by atoms with Gasteiger partial charge in [-0.1, -0.05) is 0 Å². The number of furan rings is 1. The van der Waals surface area contributed by atoms with Crippen molar-refractivity contribution in [1.29, 1.82) is 0 Å². The second-order valence-corrected chi connectivity index (χ2v) is 3.72. The van der Waals surface area contributed by atoms with Crippen LogP contribution in [-0.4, -0.2) is 8.76 Å². The van der Waals surface area contributed by atoms with Crippen LogP contribution in [0.1, 0.15) is 0 Å². The van der Waals surface area contributed by atoms with Gasteiger partial charge in [0, 0.05) is 5.56 Å². The molecular weight excluding hydrogens is 200 g/mol. The van der Waals surface area contributed by atoms with Crippen LogP contribution in [0, 0.1) is 0 Å². The van der Waals surface area contributed by atoms with Crippen LogP contribution in [0.25, 0.3) is 11.3 Å². The molecule has 14 heavy (non-hydrogen) atoms. The van der Waals surface area contributed by atoms with Crippen LogP contribution in [0.15, 0.2) is 52.0 Å². The van der Waals surface area contributed by atoms with E-state index in [4.69, 9.17) is 8.97 Å². The van der Waals surface area contributed by atoms with Crippen molar-refractivity contribution < 1.29 is 13.2 Å². The number of rotatable bonds is 2. The summed E-state index contributed by atoms with van der Waals surface area (Å²) < 4.78 is 24.7. The zero-order chi connectivity index (χ0) is 9.97. The van der Waals surface area contributed by atoms with Crippen LogP contribution in [0.2, 0.25) is 0 Å². The zero-order valence-electron chi connectivity index (χ0n) is 7.21. The van der Waals surface area contributed by atoms with Gasteiger partial charge in [-0.15, -0.1) is 0 Å². The summed E-state index contributed by atoms with van der Waals surface area (Å²) in [6, 6.07) is 10.4. The average Bonchev–Trinajstić information content (AvgIpc) is 2.71. The van der Waals surface area contributed by atoms with Gasteiger partial charge < -0.3 is 8.97 Å². The summed E-state index contributed by atoms with van der Waals surface area (Å²) in [5, 5.41) is 0. The van der Waals surface area contributed by atoms with E-state index in [1.165, 1.54) is 0 Å². The molecule has 0 saturated carbocycles. The van der Waals surface area contributed by atoms with E-state index in [0.29, 0.717) is 4.90 Å². The fraction of sp³-hybridized carbons (Fsp3) is 0. The van der Waals surface area contributed by atoms with Gasteiger partial charge in [-0.25, -0.2) is 4.21 Å². The normalized spacial score (nSPS) is 12.6. The summed E-state index contributed by atoms with van der Waals surface area (Å²) in [7, 11) is 0. The molecule has 1 heterocycles. The summed E-state index contributed by atoms with van der Waals surface area (Å²) in [6.45, 7) is 0. The van der Waals surface area contributed by atoms with Crippen molar-refractivity contribution in [2.45, 2.75) is 4.90 Å². The standard InChI is InChI=1S/C10H8O3S/c11-14(12)9-5-3-8(4-6-9)10-2-1-7-13-10/h1-7H,(H,11,12). The monoisotopic (exact) mass is 208 g/mol. The second kappa shape index (κ2) is 3.77. The summed E-state index contributed by atoms with van der Waals surface area (Å²) in [4.78, 5) is 0.389. The van der Waals surface area contributed by atoms with Crippen molar-refractivity contribution in [3.63, 3.8) is 0 Å². The van der Waals surface area contributed by atoms with Crippen molar-refractivity contribution in [3.8, 4) is 11.3 Å². The first-order valence-corrected chi connectivity index (χ1v) is 5.13. The Morgan fingerprint density at radius 1 is 1.14 bits per heavy atom. The van der Waals surface area contributed by atoms with Gasteiger partial charge in [0.1, 0.15) is 5.76 Å². The lowest BCUT2D eigenvalue weighted by molar-refractivity contribution is 0.564. The summed E-state index contributed by atoms with van der Waals surface area (Å²) in [5.74, 6) is 0.750. The number of hydrogen-bond acceptors (Lipinski definition) is 2. The van der Waals surface area contributed by atoms with Crippen molar-refractivity contribution in [3.05, 3.63) is 42.7 Å². The van der Waals surface area contributed by atoms with E-state index < -0.39 is 11.1 Å². The SMILES string of the molecule is O=S(O)c1ccc(-c2ccco2)cc1. The van der Waals surface area contributed by atoms with Gasteiger partial charge in [-0.3, -0.25) is 0 Å². The molecule has 0 amide bonds. The largest absolute Gasteiger partial charge is 0.464 e. The molecule has 1 aromatic carbocycles. The lowest BCUT2D eigenvalue weighted by atomic mass is 10.2. The van der Waals surface area contributed by atoms with E-state index in [1.807, 2.05) is 6.07 Å². The summed E-state index contributed by atoms with van der Waals surface area (Å²) in [6.07, 6.45) is 1.59. The van der Waals surface area contributed by atoms with Gasteiger partial charge in [0.15, 0.2) is 11.1 Å². The third kappa shape index (κ3) is 1.76. The predicted molar refractivity (Wildman–Crippen MR) is 53.2 cm³/mol. The zero-order valence-corrected chi connectivity index (χ0v) is 8.03. The molecule has 0 aliphatic rings. The van der Waals surface area contributed by atoms with Crippen LogP contribution in [-0.2, 0) is 11.1 Å². The van der Waals surface area contributed by atoms with E-state index in [0.717, 1.165) is 11.3 Å². The van der Waals surface area contributed by atoms with Gasteiger partial charge >= 0.3 is 0 Å². The second-order valence-electron chi connectivity index (χ2n) is 2.75. The molecule has 0 radical (unpaired) electrons. The van der Waals surface area contributed by atoms with Crippen molar-refractivity contribution in [2.75, 3.05) is 0 Å². The van der Waals surface area contributed by atoms with Crippen molar-refractivity contribution in [1.82, 2.24) is 0 Å². The lowest BCUT2D eigenvalue weighted by Crippen LogP contribution is -1.86. The van der Waals surface area contributed by atoms with Crippen LogP contribution in [0.5, 0.6) is 0 Å². The molecule has 1 aromatic heterocycles. The number of hydrogen-bond donors (Lipinski definition) is 1. The average molecular weight is 208 g/mol. The Hall–Kier alpha value is -1.39. The van der Waals surface area contributed by atoms with E-state index in [2.05, 4.69) is 0 Å².